The zero-order valence-electron chi connectivity index (χ0n) is 9.67. The molecule has 90 valence electrons. The van der Waals surface area contributed by atoms with Crippen molar-refractivity contribution in [1.82, 2.24) is 10.1 Å². The summed E-state index contributed by atoms with van der Waals surface area (Å²) in [6, 6.07) is 9.83. The molecule has 2 rings (SSSR count). The maximum atomic E-state index is 6.08. The summed E-state index contributed by atoms with van der Waals surface area (Å²) in [5.41, 5.74) is 7.16. The lowest BCUT2D eigenvalue weighted by atomic mass is 10.1. The molecule has 1 heterocycles. The maximum absolute atomic E-state index is 6.08. The minimum absolute atomic E-state index is 0.0984. The maximum Gasteiger partial charge on any atom is 0.228 e. The Morgan fingerprint density at radius 2 is 2.12 bits per heavy atom. The Morgan fingerprint density at radius 1 is 1.35 bits per heavy atom. The third-order valence-corrected chi connectivity index (χ3v) is 2.95. The highest BCUT2D eigenvalue weighted by Gasteiger charge is 2.12. The molecule has 1 aromatic heterocycles. The number of nitrogens with two attached hydrogens (primary N) is 1. The second-order valence-corrected chi connectivity index (χ2v) is 4.62. The zero-order valence-corrected chi connectivity index (χ0v) is 10.5. The van der Waals surface area contributed by atoms with Gasteiger partial charge in [0.2, 0.25) is 5.89 Å². The first-order valence-corrected chi connectivity index (χ1v) is 6.80. The molecule has 1 unspecified atom stereocenters. The van der Waals surface area contributed by atoms with Crippen molar-refractivity contribution in [3.8, 4) is 0 Å². The fourth-order valence-electron chi connectivity index (χ4n) is 1.57. The highest BCUT2D eigenvalue weighted by Crippen LogP contribution is 2.15. The third-order valence-electron chi connectivity index (χ3n) is 2.41. The lowest BCUT2D eigenvalue weighted by Crippen LogP contribution is -2.13. The van der Waals surface area contributed by atoms with Gasteiger partial charge in [-0.05, 0) is 11.8 Å². The van der Waals surface area contributed by atoms with E-state index < -0.39 is 0 Å². The molecule has 5 heteroatoms. The SMILES string of the molecule is CSCc1noc(CC(N)c2ccccc2)n1. The number of rotatable bonds is 5. The second kappa shape index (κ2) is 5.84. The van der Waals surface area contributed by atoms with Crippen molar-refractivity contribution in [3.63, 3.8) is 0 Å². The summed E-state index contributed by atoms with van der Waals surface area (Å²) in [6.07, 6.45) is 2.58. The van der Waals surface area contributed by atoms with Crippen LogP contribution in [0.2, 0.25) is 0 Å². The molecule has 0 fully saturated rings. The van der Waals surface area contributed by atoms with Crippen LogP contribution in [-0.2, 0) is 12.2 Å². The summed E-state index contributed by atoms with van der Waals surface area (Å²) in [4.78, 5) is 4.29. The van der Waals surface area contributed by atoms with Crippen molar-refractivity contribution >= 4 is 11.8 Å². The van der Waals surface area contributed by atoms with Crippen LogP contribution in [0.3, 0.4) is 0 Å². The Labute approximate surface area is 105 Å². The number of thioether (sulfide) groups is 1. The standard InChI is InChI=1S/C12H15N3OS/c1-17-8-11-14-12(16-15-11)7-10(13)9-5-3-2-4-6-9/h2-6,10H,7-8,13H2,1H3. The van der Waals surface area contributed by atoms with Gasteiger partial charge in [0.25, 0.3) is 0 Å². The summed E-state index contributed by atoms with van der Waals surface area (Å²) in [5.74, 6) is 2.10. The molecule has 0 radical (unpaired) electrons. The van der Waals surface area contributed by atoms with Gasteiger partial charge in [-0.25, -0.2) is 0 Å². The molecule has 2 N–H and O–H groups in total. The largest absolute Gasteiger partial charge is 0.339 e. The van der Waals surface area contributed by atoms with Gasteiger partial charge in [-0.3, -0.25) is 0 Å². The van der Waals surface area contributed by atoms with Crippen LogP contribution in [-0.4, -0.2) is 16.4 Å². The van der Waals surface area contributed by atoms with Gasteiger partial charge in [-0.15, -0.1) is 0 Å². The number of benzene rings is 1. The van der Waals surface area contributed by atoms with E-state index >= 15 is 0 Å². The molecule has 2 aromatic rings. The van der Waals surface area contributed by atoms with E-state index in [9.17, 15) is 0 Å². The molecule has 0 spiro atoms. The normalized spacial score (nSPS) is 12.6. The molecule has 0 saturated carbocycles. The van der Waals surface area contributed by atoms with Crippen LogP contribution in [0.1, 0.15) is 23.3 Å². The number of nitrogens with zero attached hydrogens (tertiary/aromatic N) is 2. The van der Waals surface area contributed by atoms with E-state index in [4.69, 9.17) is 10.3 Å². The number of hydrogen-bond acceptors (Lipinski definition) is 5. The first-order chi connectivity index (χ1) is 8.29. The monoisotopic (exact) mass is 249 g/mol. The van der Waals surface area contributed by atoms with Gasteiger partial charge in [0.15, 0.2) is 5.82 Å². The van der Waals surface area contributed by atoms with Gasteiger partial charge in [-0.2, -0.15) is 16.7 Å². The molecule has 17 heavy (non-hydrogen) atoms. The van der Waals surface area contributed by atoms with Crippen LogP contribution in [0.5, 0.6) is 0 Å². The van der Waals surface area contributed by atoms with Crippen molar-refractivity contribution in [1.29, 1.82) is 0 Å². The molecule has 0 amide bonds. The predicted molar refractivity (Wildman–Crippen MR) is 68.6 cm³/mol. The Hall–Kier alpha value is -1.33. The van der Waals surface area contributed by atoms with E-state index in [1.807, 2.05) is 36.6 Å². The van der Waals surface area contributed by atoms with Crippen LogP contribution in [0.4, 0.5) is 0 Å². The summed E-state index contributed by atoms with van der Waals surface area (Å²) in [6.45, 7) is 0. The third kappa shape index (κ3) is 3.31. The van der Waals surface area contributed by atoms with Crippen LogP contribution < -0.4 is 5.73 Å². The Morgan fingerprint density at radius 3 is 2.82 bits per heavy atom. The summed E-state index contributed by atoms with van der Waals surface area (Å²) >= 11 is 1.67. The fourth-order valence-corrected chi connectivity index (χ4v) is 1.94. The van der Waals surface area contributed by atoms with Crippen LogP contribution >= 0.6 is 11.8 Å². The number of hydrogen-bond donors (Lipinski definition) is 1. The van der Waals surface area contributed by atoms with E-state index in [0.717, 1.165) is 17.1 Å². The lowest BCUT2D eigenvalue weighted by molar-refractivity contribution is 0.366. The topological polar surface area (TPSA) is 64.9 Å². The average Bonchev–Trinajstić information content (AvgIpc) is 2.78. The second-order valence-electron chi connectivity index (χ2n) is 3.76. The first-order valence-electron chi connectivity index (χ1n) is 5.40. The van der Waals surface area contributed by atoms with Crippen molar-refractivity contribution in [2.24, 2.45) is 5.73 Å². The van der Waals surface area contributed by atoms with Crippen LogP contribution in [0.25, 0.3) is 0 Å². The Kier molecular flexibility index (Phi) is 4.17. The van der Waals surface area contributed by atoms with E-state index in [1.54, 1.807) is 11.8 Å². The highest BCUT2D eigenvalue weighted by atomic mass is 32.2. The van der Waals surface area contributed by atoms with Crippen LogP contribution in [0.15, 0.2) is 34.9 Å². The summed E-state index contributed by atoms with van der Waals surface area (Å²) in [5, 5.41) is 3.89. The van der Waals surface area contributed by atoms with Crippen LogP contribution in [0, 0.1) is 0 Å². The summed E-state index contributed by atoms with van der Waals surface area (Å²) < 4.78 is 5.15. The summed E-state index contributed by atoms with van der Waals surface area (Å²) in [7, 11) is 0. The molecule has 0 saturated heterocycles. The molecule has 0 aliphatic rings. The van der Waals surface area contributed by atoms with Gasteiger partial charge in [0.1, 0.15) is 0 Å². The fraction of sp³-hybridized carbons (Fsp3) is 0.333. The van der Waals surface area contributed by atoms with Crippen molar-refractivity contribution in [2.45, 2.75) is 18.2 Å². The highest BCUT2D eigenvalue weighted by molar-refractivity contribution is 7.97. The van der Waals surface area contributed by atoms with Crippen molar-refractivity contribution in [2.75, 3.05) is 6.26 Å². The van der Waals surface area contributed by atoms with Crippen molar-refractivity contribution in [3.05, 3.63) is 47.6 Å². The molecular formula is C12H15N3OS. The smallest absolute Gasteiger partial charge is 0.228 e. The van der Waals surface area contributed by atoms with Crippen molar-refractivity contribution < 1.29 is 4.52 Å². The molecule has 1 atom stereocenters. The average molecular weight is 249 g/mol. The molecular weight excluding hydrogens is 234 g/mol. The first kappa shape index (κ1) is 12.1. The van der Waals surface area contributed by atoms with E-state index in [2.05, 4.69) is 10.1 Å². The predicted octanol–water partition coefficient (Wildman–Crippen LogP) is 2.18. The minimum Gasteiger partial charge on any atom is -0.339 e. The van der Waals surface area contributed by atoms with Gasteiger partial charge >= 0.3 is 0 Å². The quantitative estimate of drug-likeness (QED) is 0.879. The molecule has 1 aromatic carbocycles. The van der Waals surface area contributed by atoms with E-state index in [1.165, 1.54) is 0 Å². The molecule has 0 aliphatic carbocycles. The van der Waals surface area contributed by atoms with Gasteiger partial charge in [-0.1, -0.05) is 35.5 Å². The lowest BCUT2D eigenvalue weighted by Gasteiger charge is -2.08. The molecule has 0 bridgehead atoms. The molecule has 0 aliphatic heterocycles. The number of aromatic nitrogens is 2. The van der Waals surface area contributed by atoms with Gasteiger partial charge in [0, 0.05) is 12.5 Å². The Bertz CT molecular complexity index is 458. The zero-order chi connectivity index (χ0) is 12.1. The van der Waals surface area contributed by atoms with E-state index in [-0.39, 0.29) is 6.04 Å². The van der Waals surface area contributed by atoms with Gasteiger partial charge in [0.05, 0.1) is 5.75 Å². The Balaban J connectivity index is 2.00. The van der Waals surface area contributed by atoms with Gasteiger partial charge < -0.3 is 10.3 Å². The van der Waals surface area contributed by atoms with E-state index in [0.29, 0.717) is 12.3 Å². The molecule has 4 nitrogen and oxygen atoms in total. The minimum atomic E-state index is -0.0984.